The Morgan fingerprint density at radius 2 is 1.87 bits per heavy atom. The standard InChI is InChI=1S/C21H25N5O2S.ClH/c1-2-25-19(27)17(16-13-29-20(24-16)23-15-10-6-7-11-15)18(22)26(21(25)28)12-14-8-4-3-5-9-14;/h3-5,8-9,13,15H,2,6-7,10-12,22H2,1H3,(H,23,24);1H. The number of nitrogen functional groups attached to an aromatic ring is 1. The van der Waals surface area contributed by atoms with Crippen LogP contribution < -0.4 is 22.3 Å². The van der Waals surface area contributed by atoms with Crippen molar-refractivity contribution in [2.75, 3.05) is 11.1 Å². The minimum absolute atomic E-state index is 0. The summed E-state index contributed by atoms with van der Waals surface area (Å²) in [7, 11) is 0. The van der Waals surface area contributed by atoms with Crippen molar-refractivity contribution in [3.8, 4) is 11.3 Å². The lowest BCUT2D eigenvalue weighted by Gasteiger charge is -2.15. The highest BCUT2D eigenvalue weighted by molar-refractivity contribution is 7.14. The molecule has 0 atom stereocenters. The maximum atomic E-state index is 13.0. The molecule has 1 aliphatic carbocycles. The Hall–Kier alpha value is -2.58. The number of benzene rings is 1. The number of hydrogen-bond acceptors (Lipinski definition) is 6. The molecule has 0 amide bonds. The lowest BCUT2D eigenvalue weighted by molar-refractivity contribution is 0.606. The van der Waals surface area contributed by atoms with Gasteiger partial charge in [-0.15, -0.1) is 23.7 Å². The van der Waals surface area contributed by atoms with Crippen LogP contribution in [0.15, 0.2) is 45.3 Å². The molecule has 0 radical (unpaired) electrons. The zero-order valence-corrected chi connectivity index (χ0v) is 18.5. The van der Waals surface area contributed by atoms with Crippen LogP contribution in [0.3, 0.4) is 0 Å². The van der Waals surface area contributed by atoms with E-state index in [1.54, 1.807) is 6.92 Å². The molecule has 4 rings (SSSR count). The topological polar surface area (TPSA) is 94.9 Å². The molecule has 9 heteroatoms. The second-order valence-electron chi connectivity index (χ2n) is 7.33. The van der Waals surface area contributed by atoms with Gasteiger partial charge in [0.15, 0.2) is 5.13 Å². The number of thiazole rings is 1. The van der Waals surface area contributed by atoms with Gasteiger partial charge in [-0.3, -0.25) is 13.9 Å². The van der Waals surface area contributed by atoms with Crippen molar-refractivity contribution in [3.63, 3.8) is 0 Å². The number of anilines is 2. The number of hydrogen-bond donors (Lipinski definition) is 2. The van der Waals surface area contributed by atoms with E-state index in [-0.39, 0.29) is 30.3 Å². The molecular formula is C21H26ClN5O2S. The largest absolute Gasteiger partial charge is 0.384 e. The molecule has 0 saturated heterocycles. The maximum Gasteiger partial charge on any atom is 0.332 e. The molecular weight excluding hydrogens is 422 g/mol. The number of nitrogens with zero attached hydrogens (tertiary/aromatic N) is 3. The second kappa shape index (κ2) is 9.49. The van der Waals surface area contributed by atoms with Gasteiger partial charge >= 0.3 is 5.69 Å². The van der Waals surface area contributed by atoms with E-state index in [2.05, 4.69) is 10.3 Å². The molecule has 0 aliphatic heterocycles. The van der Waals surface area contributed by atoms with E-state index in [0.717, 1.165) is 23.5 Å². The van der Waals surface area contributed by atoms with Crippen molar-refractivity contribution in [1.82, 2.24) is 14.1 Å². The first-order valence-corrected chi connectivity index (χ1v) is 10.9. The van der Waals surface area contributed by atoms with E-state index < -0.39 is 11.2 Å². The normalized spacial score (nSPS) is 13.9. The van der Waals surface area contributed by atoms with Gasteiger partial charge in [0, 0.05) is 18.0 Å². The molecule has 0 spiro atoms. The molecule has 1 aliphatic rings. The van der Waals surface area contributed by atoms with E-state index >= 15 is 0 Å². The average Bonchev–Trinajstić information content (AvgIpc) is 3.39. The molecule has 3 aromatic rings. The minimum atomic E-state index is -0.401. The van der Waals surface area contributed by atoms with Gasteiger partial charge in [0.2, 0.25) is 0 Å². The highest BCUT2D eigenvalue weighted by Gasteiger charge is 2.21. The van der Waals surface area contributed by atoms with Crippen molar-refractivity contribution in [2.45, 2.75) is 51.7 Å². The van der Waals surface area contributed by atoms with E-state index in [1.807, 2.05) is 35.7 Å². The molecule has 7 nitrogen and oxygen atoms in total. The van der Waals surface area contributed by atoms with Gasteiger partial charge in [0.25, 0.3) is 5.56 Å². The van der Waals surface area contributed by atoms with Crippen LogP contribution in [0.2, 0.25) is 0 Å². The number of nitrogens with one attached hydrogen (secondary N) is 1. The van der Waals surface area contributed by atoms with Gasteiger partial charge in [0.1, 0.15) is 11.4 Å². The Balaban J connectivity index is 0.00000256. The van der Waals surface area contributed by atoms with Crippen molar-refractivity contribution in [2.24, 2.45) is 0 Å². The second-order valence-corrected chi connectivity index (χ2v) is 8.19. The molecule has 1 aromatic carbocycles. The van der Waals surface area contributed by atoms with Crippen LogP contribution in [0.1, 0.15) is 38.2 Å². The van der Waals surface area contributed by atoms with Gasteiger partial charge in [-0.1, -0.05) is 43.2 Å². The van der Waals surface area contributed by atoms with Crippen molar-refractivity contribution < 1.29 is 0 Å². The van der Waals surface area contributed by atoms with Crippen LogP contribution in [0.25, 0.3) is 11.3 Å². The van der Waals surface area contributed by atoms with Crippen LogP contribution in [-0.2, 0) is 13.1 Å². The van der Waals surface area contributed by atoms with Crippen molar-refractivity contribution in [3.05, 3.63) is 62.1 Å². The minimum Gasteiger partial charge on any atom is -0.384 e. The molecule has 0 bridgehead atoms. The fourth-order valence-corrected chi connectivity index (χ4v) is 4.63. The number of nitrogens with two attached hydrogens (primary N) is 1. The average molecular weight is 448 g/mol. The fraction of sp³-hybridized carbons (Fsp3) is 0.381. The van der Waals surface area contributed by atoms with Crippen LogP contribution >= 0.6 is 23.7 Å². The molecule has 2 heterocycles. The highest BCUT2D eigenvalue weighted by atomic mass is 35.5. The van der Waals surface area contributed by atoms with E-state index in [9.17, 15) is 9.59 Å². The van der Waals surface area contributed by atoms with E-state index in [0.29, 0.717) is 18.3 Å². The predicted molar refractivity (Wildman–Crippen MR) is 125 cm³/mol. The Morgan fingerprint density at radius 3 is 2.53 bits per heavy atom. The molecule has 0 unspecified atom stereocenters. The van der Waals surface area contributed by atoms with Gasteiger partial charge in [-0.25, -0.2) is 9.78 Å². The summed E-state index contributed by atoms with van der Waals surface area (Å²) in [5, 5.41) is 6.08. The molecule has 1 saturated carbocycles. The van der Waals surface area contributed by atoms with E-state index in [4.69, 9.17) is 5.73 Å². The molecule has 1 fully saturated rings. The van der Waals surface area contributed by atoms with Gasteiger partial charge < -0.3 is 11.1 Å². The summed E-state index contributed by atoms with van der Waals surface area (Å²) in [6.45, 7) is 2.36. The summed E-state index contributed by atoms with van der Waals surface area (Å²) in [5.74, 6) is 0.159. The maximum absolute atomic E-state index is 13.0. The predicted octanol–water partition coefficient (Wildman–Crippen LogP) is 3.56. The zero-order chi connectivity index (χ0) is 20.4. The quantitative estimate of drug-likeness (QED) is 0.602. The molecule has 2 aromatic heterocycles. The first-order valence-electron chi connectivity index (χ1n) is 9.98. The summed E-state index contributed by atoms with van der Waals surface area (Å²) >= 11 is 1.46. The monoisotopic (exact) mass is 447 g/mol. The van der Waals surface area contributed by atoms with E-state index in [1.165, 1.54) is 33.3 Å². The van der Waals surface area contributed by atoms with Crippen LogP contribution in [0.4, 0.5) is 10.9 Å². The first-order chi connectivity index (χ1) is 14.1. The molecule has 160 valence electrons. The molecule has 3 N–H and O–H groups in total. The Morgan fingerprint density at radius 1 is 1.17 bits per heavy atom. The van der Waals surface area contributed by atoms with Gasteiger partial charge in [-0.05, 0) is 25.3 Å². The number of halogens is 1. The number of rotatable bonds is 6. The van der Waals surface area contributed by atoms with Crippen LogP contribution in [0, 0.1) is 0 Å². The SMILES string of the molecule is CCn1c(=O)c(-c2csc(NC3CCCC3)n2)c(N)n(Cc2ccccc2)c1=O.Cl. The summed E-state index contributed by atoms with van der Waals surface area (Å²) in [6, 6.07) is 10.0. The highest BCUT2D eigenvalue weighted by Crippen LogP contribution is 2.29. The number of aromatic nitrogens is 3. The fourth-order valence-electron chi connectivity index (χ4n) is 3.85. The lowest BCUT2D eigenvalue weighted by atomic mass is 10.2. The summed E-state index contributed by atoms with van der Waals surface area (Å²) in [6.07, 6.45) is 4.74. The van der Waals surface area contributed by atoms with Gasteiger partial charge in [-0.2, -0.15) is 0 Å². The summed E-state index contributed by atoms with van der Waals surface area (Å²) < 4.78 is 2.68. The Bertz CT molecular complexity index is 1120. The third kappa shape index (κ3) is 4.29. The van der Waals surface area contributed by atoms with Crippen LogP contribution in [0.5, 0.6) is 0 Å². The molecule has 30 heavy (non-hydrogen) atoms. The Labute approximate surface area is 185 Å². The third-order valence-corrected chi connectivity index (χ3v) is 6.18. The third-order valence-electron chi connectivity index (χ3n) is 5.41. The van der Waals surface area contributed by atoms with Crippen molar-refractivity contribution >= 4 is 34.7 Å². The Kier molecular flexibility index (Phi) is 6.99. The smallest absolute Gasteiger partial charge is 0.332 e. The lowest BCUT2D eigenvalue weighted by Crippen LogP contribution is -2.41. The zero-order valence-electron chi connectivity index (χ0n) is 16.8. The van der Waals surface area contributed by atoms with Crippen molar-refractivity contribution in [1.29, 1.82) is 0 Å². The van der Waals surface area contributed by atoms with Gasteiger partial charge in [0.05, 0.1) is 12.2 Å². The van der Waals surface area contributed by atoms with Crippen LogP contribution in [-0.4, -0.2) is 20.2 Å². The summed E-state index contributed by atoms with van der Waals surface area (Å²) in [4.78, 5) is 30.5. The first kappa shape index (κ1) is 22.1. The summed E-state index contributed by atoms with van der Waals surface area (Å²) in [5.41, 5.74) is 7.31.